The van der Waals surface area contributed by atoms with Crippen LogP contribution in [-0.2, 0) is 0 Å². The molecule has 0 bridgehead atoms. The molecule has 0 spiro atoms. The van der Waals surface area contributed by atoms with Crippen LogP contribution in [-0.4, -0.2) is 35.9 Å². The summed E-state index contributed by atoms with van der Waals surface area (Å²) in [6.45, 7) is 2.94. The van der Waals surface area contributed by atoms with Crippen molar-refractivity contribution in [2.45, 2.75) is 18.0 Å². The zero-order valence-electron chi connectivity index (χ0n) is 9.89. The number of thioether (sulfide) groups is 1. The summed E-state index contributed by atoms with van der Waals surface area (Å²) in [5.41, 5.74) is 0. The number of nitrogens with zero attached hydrogens (tertiary/aromatic N) is 2. The highest BCUT2D eigenvalue weighted by Gasteiger charge is 2.13. The van der Waals surface area contributed by atoms with Crippen LogP contribution in [0.1, 0.15) is 12.8 Å². The van der Waals surface area contributed by atoms with E-state index in [-0.39, 0.29) is 12.4 Å². The standard InChI is InChI=1S/C11H17N3OS.ClH/c1-16-11-13-6-4-10(14-11)15-8-9-3-2-5-12-7-9;/h4,6,9,12H,2-3,5,7-8H2,1H3;1H. The van der Waals surface area contributed by atoms with Crippen molar-refractivity contribution in [3.8, 4) is 5.88 Å². The Morgan fingerprint density at radius 2 is 2.47 bits per heavy atom. The van der Waals surface area contributed by atoms with E-state index in [1.54, 1.807) is 6.20 Å². The minimum Gasteiger partial charge on any atom is -0.477 e. The number of hydrogen-bond donors (Lipinski definition) is 1. The van der Waals surface area contributed by atoms with Crippen molar-refractivity contribution in [3.63, 3.8) is 0 Å². The third-order valence-electron chi connectivity index (χ3n) is 2.66. The van der Waals surface area contributed by atoms with Gasteiger partial charge in [-0.2, -0.15) is 4.98 Å². The zero-order valence-corrected chi connectivity index (χ0v) is 11.5. The molecule has 0 amide bonds. The average molecular weight is 276 g/mol. The molecule has 4 nitrogen and oxygen atoms in total. The fourth-order valence-electron chi connectivity index (χ4n) is 1.77. The number of piperidine rings is 1. The van der Waals surface area contributed by atoms with E-state index in [4.69, 9.17) is 4.74 Å². The number of nitrogens with one attached hydrogen (secondary N) is 1. The van der Waals surface area contributed by atoms with Gasteiger partial charge in [-0.15, -0.1) is 12.4 Å². The first kappa shape index (κ1) is 14.5. The van der Waals surface area contributed by atoms with E-state index in [2.05, 4.69) is 15.3 Å². The summed E-state index contributed by atoms with van der Waals surface area (Å²) in [6.07, 6.45) is 6.19. The molecule has 1 aliphatic heterocycles. The molecule has 0 radical (unpaired) electrons. The van der Waals surface area contributed by atoms with Crippen LogP contribution in [0.2, 0.25) is 0 Å². The van der Waals surface area contributed by atoms with Crippen LogP contribution < -0.4 is 10.1 Å². The van der Waals surface area contributed by atoms with Gasteiger partial charge in [0.1, 0.15) is 0 Å². The summed E-state index contributed by atoms with van der Waals surface area (Å²) in [6, 6.07) is 1.82. The quantitative estimate of drug-likeness (QED) is 0.673. The van der Waals surface area contributed by atoms with Crippen molar-refractivity contribution < 1.29 is 4.74 Å². The van der Waals surface area contributed by atoms with Crippen LogP contribution in [0.5, 0.6) is 5.88 Å². The second kappa shape index (κ2) is 7.74. The number of ether oxygens (including phenoxy) is 1. The Kier molecular flexibility index (Phi) is 6.62. The Balaban J connectivity index is 0.00000144. The van der Waals surface area contributed by atoms with Crippen LogP contribution in [0, 0.1) is 5.92 Å². The molecule has 1 aliphatic rings. The number of rotatable bonds is 4. The largest absolute Gasteiger partial charge is 0.477 e. The predicted molar refractivity (Wildman–Crippen MR) is 72.1 cm³/mol. The summed E-state index contributed by atoms with van der Waals surface area (Å²) in [5, 5.41) is 4.14. The molecular weight excluding hydrogens is 258 g/mol. The fraction of sp³-hybridized carbons (Fsp3) is 0.636. The second-order valence-electron chi connectivity index (χ2n) is 3.90. The van der Waals surface area contributed by atoms with Crippen molar-refractivity contribution in [2.24, 2.45) is 5.92 Å². The lowest BCUT2D eigenvalue weighted by Gasteiger charge is -2.22. The van der Waals surface area contributed by atoms with Crippen LogP contribution in [0.25, 0.3) is 0 Å². The number of halogens is 1. The topological polar surface area (TPSA) is 47.0 Å². The molecule has 1 aromatic rings. The van der Waals surface area contributed by atoms with E-state index >= 15 is 0 Å². The first-order valence-corrected chi connectivity index (χ1v) is 6.81. The van der Waals surface area contributed by atoms with E-state index in [0.29, 0.717) is 11.8 Å². The van der Waals surface area contributed by atoms with Gasteiger partial charge in [0.15, 0.2) is 5.16 Å². The van der Waals surface area contributed by atoms with Crippen molar-refractivity contribution in [2.75, 3.05) is 26.0 Å². The molecule has 1 aromatic heterocycles. The molecule has 2 heterocycles. The summed E-state index contributed by atoms with van der Waals surface area (Å²) < 4.78 is 5.68. The third-order valence-corrected chi connectivity index (χ3v) is 3.22. The van der Waals surface area contributed by atoms with Crippen molar-refractivity contribution in [3.05, 3.63) is 12.3 Å². The van der Waals surface area contributed by atoms with Crippen LogP contribution in [0.4, 0.5) is 0 Å². The van der Waals surface area contributed by atoms with E-state index in [1.165, 1.54) is 24.6 Å². The van der Waals surface area contributed by atoms with E-state index in [1.807, 2.05) is 12.3 Å². The van der Waals surface area contributed by atoms with Crippen LogP contribution >= 0.6 is 24.2 Å². The van der Waals surface area contributed by atoms with Gasteiger partial charge in [-0.05, 0) is 25.6 Å². The van der Waals surface area contributed by atoms with E-state index < -0.39 is 0 Å². The van der Waals surface area contributed by atoms with Crippen LogP contribution in [0.3, 0.4) is 0 Å². The van der Waals surface area contributed by atoms with Crippen molar-refractivity contribution >= 4 is 24.2 Å². The molecule has 1 saturated heterocycles. The maximum Gasteiger partial charge on any atom is 0.217 e. The molecule has 17 heavy (non-hydrogen) atoms. The molecule has 96 valence electrons. The van der Waals surface area contributed by atoms with E-state index in [0.717, 1.165) is 24.9 Å². The van der Waals surface area contributed by atoms with Crippen LogP contribution in [0.15, 0.2) is 17.4 Å². The summed E-state index contributed by atoms with van der Waals surface area (Å²) >= 11 is 1.53. The first-order valence-electron chi connectivity index (χ1n) is 5.59. The molecule has 0 aliphatic carbocycles. The van der Waals surface area contributed by atoms with Gasteiger partial charge in [-0.1, -0.05) is 11.8 Å². The number of aromatic nitrogens is 2. The molecule has 1 unspecified atom stereocenters. The molecule has 1 atom stereocenters. The fourth-order valence-corrected chi connectivity index (χ4v) is 2.12. The van der Waals surface area contributed by atoms with Gasteiger partial charge in [-0.3, -0.25) is 0 Å². The minimum absolute atomic E-state index is 0. The van der Waals surface area contributed by atoms with Gasteiger partial charge < -0.3 is 10.1 Å². The second-order valence-corrected chi connectivity index (χ2v) is 4.68. The summed E-state index contributed by atoms with van der Waals surface area (Å²) in [5.74, 6) is 1.30. The van der Waals surface area contributed by atoms with Gasteiger partial charge >= 0.3 is 0 Å². The first-order chi connectivity index (χ1) is 7.88. The van der Waals surface area contributed by atoms with Gasteiger partial charge in [0.05, 0.1) is 6.61 Å². The highest BCUT2D eigenvalue weighted by atomic mass is 35.5. The van der Waals surface area contributed by atoms with E-state index in [9.17, 15) is 0 Å². The maximum absolute atomic E-state index is 5.68. The summed E-state index contributed by atoms with van der Waals surface area (Å²) in [7, 11) is 0. The Morgan fingerprint density at radius 3 is 3.18 bits per heavy atom. The van der Waals surface area contributed by atoms with Gasteiger partial charge in [0.25, 0.3) is 0 Å². The SMILES string of the molecule is CSc1nccc(OCC2CCCNC2)n1.Cl. The highest BCUT2D eigenvalue weighted by Crippen LogP contribution is 2.15. The Hall–Kier alpha value is -0.520. The molecular formula is C11H18ClN3OS. The van der Waals surface area contributed by atoms with Gasteiger partial charge in [-0.25, -0.2) is 4.98 Å². The Bertz CT molecular complexity index is 334. The molecule has 1 N–H and O–H groups in total. The highest BCUT2D eigenvalue weighted by molar-refractivity contribution is 7.98. The van der Waals surface area contributed by atoms with Crippen molar-refractivity contribution in [1.29, 1.82) is 0 Å². The minimum atomic E-state index is 0. The monoisotopic (exact) mass is 275 g/mol. The zero-order chi connectivity index (χ0) is 11.2. The Labute approximate surface area is 112 Å². The molecule has 2 rings (SSSR count). The lowest BCUT2D eigenvalue weighted by atomic mass is 10.0. The molecule has 0 aromatic carbocycles. The maximum atomic E-state index is 5.68. The Morgan fingerprint density at radius 1 is 1.59 bits per heavy atom. The third kappa shape index (κ3) is 4.69. The van der Waals surface area contributed by atoms with Crippen molar-refractivity contribution in [1.82, 2.24) is 15.3 Å². The normalized spacial score (nSPS) is 19.5. The lowest BCUT2D eigenvalue weighted by Crippen LogP contribution is -2.33. The lowest BCUT2D eigenvalue weighted by molar-refractivity contribution is 0.210. The molecule has 0 saturated carbocycles. The van der Waals surface area contributed by atoms with Gasteiger partial charge in [0, 0.05) is 24.7 Å². The predicted octanol–water partition coefficient (Wildman–Crippen LogP) is 2.00. The number of hydrogen-bond acceptors (Lipinski definition) is 5. The molecule has 6 heteroatoms. The smallest absolute Gasteiger partial charge is 0.217 e. The summed E-state index contributed by atoms with van der Waals surface area (Å²) in [4.78, 5) is 8.40. The molecule has 1 fully saturated rings. The van der Waals surface area contributed by atoms with Gasteiger partial charge in [0.2, 0.25) is 5.88 Å². The average Bonchev–Trinajstić information content (AvgIpc) is 2.38.